The second-order valence-electron chi connectivity index (χ2n) is 4.83. The fourth-order valence-electron chi connectivity index (χ4n) is 2.38. The van der Waals surface area contributed by atoms with Crippen LogP contribution in [-0.2, 0) is 0 Å². The molecule has 1 aliphatic rings. The molecule has 0 aromatic heterocycles. The van der Waals surface area contributed by atoms with Gasteiger partial charge in [0.1, 0.15) is 11.6 Å². The lowest BCUT2D eigenvalue weighted by atomic mass is 10.1. The molecule has 3 nitrogen and oxygen atoms in total. The van der Waals surface area contributed by atoms with Crippen LogP contribution in [0, 0.1) is 5.82 Å². The van der Waals surface area contributed by atoms with Crippen LogP contribution in [0.1, 0.15) is 20.3 Å². The van der Waals surface area contributed by atoms with E-state index in [1.165, 1.54) is 6.07 Å². The SMILES string of the molecule is CCC1CN(c2cc(OC)ccc2F)C(C)CN1. The highest BCUT2D eigenvalue weighted by molar-refractivity contribution is 5.53. The summed E-state index contributed by atoms with van der Waals surface area (Å²) in [6.45, 7) is 5.97. The van der Waals surface area contributed by atoms with Gasteiger partial charge in [0.2, 0.25) is 0 Å². The number of methoxy groups -OCH3 is 1. The summed E-state index contributed by atoms with van der Waals surface area (Å²) in [5, 5.41) is 3.47. The predicted molar refractivity (Wildman–Crippen MR) is 71.8 cm³/mol. The molecule has 1 fully saturated rings. The van der Waals surface area contributed by atoms with Crippen LogP contribution in [0.4, 0.5) is 10.1 Å². The number of hydrogen-bond acceptors (Lipinski definition) is 3. The van der Waals surface area contributed by atoms with Crippen molar-refractivity contribution in [2.45, 2.75) is 32.4 Å². The van der Waals surface area contributed by atoms with E-state index in [1.54, 1.807) is 19.2 Å². The monoisotopic (exact) mass is 252 g/mol. The number of benzene rings is 1. The first kappa shape index (κ1) is 13.1. The van der Waals surface area contributed by atoms with E-state index in [9.17, 15) is 4.39 Å². The van der Waals surface area contributed by atoms with E-state index in [4.69, 9.17) is 4.74 Å². The molecule has 0 spiro atoms. The van der Waals surface area contributed by atoms with Crippen molar-refractivity contribution >= 4 is 5.69 Å². The van der Waals surface area contributed by atoms with Gasteiger partial charge in [0, 0.05) is 31.2 Å². The molecule has 0 radical (unpaired) electrons. The molecule has 1 heterocycles. The summed E-state index contributed by atoms with van der Waals surface area (Å²) in [7, 11) is 1.60. The van der Waals surface area contributed by atoms with Crippen molar-refractivity contribution in [3.63, 3.8) is 0 Å². The first-order valence-electron chi connectivity index (χ1n) is 6.49. The van der Waals surface area contributed by atoms with Crippen molar-refractivity contribution < 1.29 is 9.13 Å². The number of piperazine rings is 1. The van der Waals surface area contributed by atoms with Crippen LogP contribution in [0.3, 0.4) is 0 Å². The maximum Gasteiger partial charge on any atom is 0.146 e. The molecule has 2 atom stereocenters. The van der Waals surface area contributed by atoms with E-state index in [2.05, 4.69) is 24.1 Å². The number of nitrogens with one attached hydrogen (secondary N) is 1. The normalized spacial score (nSPS) is 24.1. The molecule has 2 rings (SSSR count). The van der Waals surface area contributed by atoms with Gasteiger partial charge in [0.05, 0.1) is 12.8 Å². The van der Waals surface area contributed by atoms with E-state index < -0.39 is 0 Å². The molecule has 1 N–H and O–H groups in total. The maximum atomic E-state index is 14.0. The Morgan fingerprint density at radius 3 is 2.94 bits per heavy atom. The fraction of sp³-hybridized carbons (Fsp3) is 0.571. The van der Waals surface area contributed by atoms with Crippen molar-refractivity contribution in [3.8, 4) is 5.75 Å². The van der Waals surface area contributed by atoms with Gasteiger partial charge >= 0.3 is 0 Å². The highest BCUT2D eigenvalue weighted by Gasteiger charge is 2.26. The van der Waals surface area contributed by atoms with Crippen LogP contribution in [0.2, 0.25) is 0 Å². The summed E-state index contributed by atoms with van der Waals surface area (Å²) in [5.41, 5.74) is 0.641. The Morgan fingerprint density at radius 1 is 1.50 bits per heavy atom. The second kappa shape index (κ2) is 5.57. The third-order valence-electron chi connectivity index (χ3n) is 3.61. The van der Waals surface area contributed by atoms with E-state index in [1.807, 2.05) is 0 Å². The van der Waals surface area contributed by atoms with Crippen LogP contribution in [0.5, 0.6) is 5.75 Å². The van der Waals surface area contributed by atoms with Gasteiger partial charge in [-0.2, -0.15) is 0 Å². The summed E-state index contributed by atoms with van der Waals surface area (Å²) in [6, 6.07) is 5.62. The summed E-state index contributed by atoms with van der Waals surface area (Å²) in [6.07, 6.45) is 1.05. The Labute approximate surface area is 108 Å². The summed E-state index contributed by atoms with van der Waals surface area (Å²) < 4.78 is 19.2. The van der Waals surface area contributed by atoms with Crippen LogP contribution < -0.4 is 15.0 Å². The number of anilines is 1. The van der Waals surface area contributed by atoms with Gasteiger partial charge in [-0.15, -0.1) is 0 Å². The maximum absolute atomic E-state index is 14.0. The Kier molecular flexibility index (Phi) is 4.07. The van der Waals surface area contributed by atoms with Crippen LogP contribution >= 0.6 is 0 Å². The number of ether oxygens (including phenoxy) is 1. The molecule has 18 heavy (non-hydrogen) atoms. The number of rotatable bonds is 3. The summed E-state index contributed by atoms with van der Waals surface area (Å²) in [5.74, 6) is 0.518. The Bertz CT molecular complexity index is 411. The van der Waals surface area contributed by atoms with Gasteiger partial charge in [0.25, 0.3) is 0 Å². The van der Waals surface area contributed by atoms with Crippen molar-refractivity contribution in [3.05, 3.63) is 24.0 Å². The third kappa shape index (κ3) is 2.58. The van der Waals surface area contributed by atoms with Crippen LogP contribution in [-0.4, -0.2) is 32.3 Å². The number of hydrogen-bond donors (Lipinski definition) is 1. The first-order valence-corrected chi connectivity index (χ1v) is 6.49. The molecular weight excluding hydrogens is 231 g/mol. The predicted octanol–water partition coefficient (Wildman–Crippen LogP) is 2.41. The van der Waals surface area contributed by atoms with Gasteiger partial charge < -0.3 is 15.0 Å². The Hall–Kier alpha value is -1.29. The van der Waals surface area contributed by atoms with Gasteiger partial charge in [-0.3, -0.25) is 0 Å². The third-order valence-corrected chi connectivity index (χ3v) is 3.61. The molecule has 0 bridgehead atoms. The molecule has 1 aliphatic heterocycles. The van der Waals surface area contributed by atoms with Crippen molar-refractivity contribution in [2.75, 3.05) is 25.1 Å². The average molecular weight is 252 g/mol. The van der Waals surface area contributed by atoms with Gasteiger partial charge in [-0.1, -0.05) is 6.92 Å². The molecule has 0 amide bonds. The zero-order valence-corrected chi connectivity index (χ0v) is 11.2. The van der Waals surface area contributed by atoms with Crippen LogP contribution in [0.15, 0.2) is 18.2 Å². The molecule has 0 saturated carbocycles. The topological polar surface area (TPSA) is 24.5 Å². The van der Waals surface area contributed by atoms with E-state index in [-0.39, 0.29) is 11.9 Å². The summed E-state index contributed by atoms with van der Waals surface area (Å²) >= 11 is 0. The Balaban J connectivity index is 2.27. The first-order chi connectivity index (χ1) is 8.65. The van der Waals surface area contributed by atoms with E-state index >= 15 is 0 Å². The lowest BCUT2D eigenvalue weighted by molar-refractivity contribution is 0.390. The van der Waals surface area contributed by atoms with Gasteiger partial charge in [-0.05, 0) is 25.5 Å². The second-order valence-corrected chi connectivity index (χ2v) is 4.83. The smallest absolute Gasteiger partial charge is 0.146 e. The fourth-order valence-corrected chi connectivity index (χ4v) is 2.38. The Morgan fingerprint density at radius 2 is 2.28 bits per heavy atom. The highest BCUT2D eigenvalue weighted by atomic mass is 19.1. The molecule has 1 saturated heterocycles. The largest absolute Gasteiger partial charge is 0.497 e. The van der Waals surface area contributed by atoms with Crippen LogP contribution in [0.25, 0.3) is 0 Å². The minimum absolute atomic E-state index is 0.181. The van der Waals surface area contributed by atoms with Crippen molar-refractivity contribution in [2.24, 2.45) is 0 Å². The van der Waals surface area contributed by atoms with Gasteiger partial charge in [0.15, 0.2) is 0 Å². The molecule has 4 heteroatoms. The molecule has 1 aromatic rings. The van der Waals surface area contributed by atoms with Gasteiger partial charge in [-0.25, -0.2) is 4.39 Å². The molecular formula is C14H21FN2O. The minimum atomic E-state index is -0.181. The average Bonchev–Trinajstić information content (AvgIpc) is 2.40. The standard InChI is InChI=1S/C14H21FN2O/c1-4-11-9-17(10(2)8-16-11)14-7-12(18-3)5-6-13(14)15/h5-7,10-11,16H,4,8-9H2,1-3H3. The zero-order valence-electron chi connectivity index (χ0n) is 11.2. The number of nitrogens with zero attached hydrogens (tertiary/aromatic N) is 1. The van der Waals surface area contributed by atoms with E-state index in [0.29, 0.717) is 17.5 Å². The van der Waals surface area contributed by atoms with Crippen molar-refractivity contribution in [1.82, 2.24) is 5.32 Å². The highest BCUT2D eigenvalue weighted by Crippen LogP contribution is 2.28. The zero-order chi connectivity index (χ0) is 13.1. The molecule has 0 aliphatic carbocycles. The lowest BCUT2D eigenvalue weighted by Gasteiger charge is -2.40. The summed E-state index contributed by atoms with van der Waals surface area (Å²) in [4.78, 5) is 2.13. The molecule has 2 unspecified atom stereocenters. The van der Waals surface area contributed by atoms with Crippen molar-refractivity contribution in [1.29, 1.82) is 0 Å². The minimum Gasteiger partial charge on any atom is -0.497 e. The quantitative estimate of drug-likeness (QED) is 0.894. The number of halogens is 1. The lowest BCUT2D eigenvalue weighted by Crippen LogP contribution is -2.55. The molecule has 100 valence electrons. The molecule has 1 aromatic carbocycles. The van der Waals surface area contributed by atoms with E-state index in [0.717, 1.165) is 19.5 Å².